The maximum absolute atomic E-state index is 11.9. The van der Waals surface area contributed by atoms with Gasteiger partial charge in [-0.1, -0.05) is 12.1 Å². The highest BCUT2D eigenvalue weighted by Gasteiger charge is 2.17. The Hall–Kier alpha value is -3.36. The van der Waals surface area contributed by atoms with Gasteiger partial charge in [0.2, 0.25) is 5.91 Å². The highest BCUT2D eigenvalue weighted by Crippen LogP contribution is 2.12. The van der Waals surface area contributed by atoms with Gasteiger partial charge in [-0.2, -0.15) is 0 Å². The first-order valence-corrected chi connectivity index (χ1v) is 9.57. The fourth-order valence-electron chi connectivity index (χ4n) is 2.21. The molecule has 9 nitrogen and oxygen atoms in total. The van der Waals surface area contributed by atoms with Gasteiger partial charge in [0.15, 0.2) is 6.61 Å². The van der Waals surface area contributed by atoms with E-state index < -0.39 is 30.4 Å². The molecule has 30 heavy (non-hydrogen) atoms. The van der Waals surface area contributed by atoms with Crippen LogP contribution < -0.4 is 15.4 Å². The van der Waals surface area contributed by atoms with E-state index in [9.17, 15) is 19.2 Å². The summed E-state index contributed by atoms with van der Waals surface area (Å²) in [6.45, 7) is 3.28. The number of rotatable bonds is 12. The lowest BCUT2D eigenvalue weighted by Crippen LogP contribution is -2.40. The highest BCUT2D eigenvalue weighted by molar-refractivity contribution is 5.94. The van der Waals surface area contributed by atoms with Crippen molar-refractivity contribution in [3.8, 4) is 5.75 Å². The Balaban J connectivity index is 2.27. The van der Waals surface area contributed by atoms with Gasteiger partial charge in [-0.25, -0.2) is 4.79 Å². The predicted octanol–water partition coefficient (Wildman–Crippen LogP) is 1.22. The van der Waals surface area contributed by atoms with Crippen molar-refractivity contribution in [2.75, 3.05) is 26.9 Å². The van der Waals surface area contributed by atoms with Crippen LogP contribution in [0.5, 0.6) is 5.75 Å². The molecule has 2 N–H and O–H groups in total. The molecule has 0 heterocycles. The van der Waals surface area contributed by atoms with E-state index in [1.54, 1.807) is 44.4 Å². The molecule has 1 rings (SSSR count). The lowest BCUT2D eigenvalue weighted by atomic mass is 10.2. The number of carbonyl (C=O) groups is 4. The Morgan fingerprint density at radius 1 is 1.10 bits per heavy atom. The van der Waals surface area contributed by atoms with Crippen molar-refractivity contribution in [1.29, 1.82) is 0 Å². The predicted molar refractivity (Wildman–Crippen MR) is 109 cm³/mol. The minimum absolute atomic E-state index is 0.195. The summed E-state index contributed by atoms with van der Waals surface area (Å²) in [4.78, 5) is 46.7. The summed E-state index contributed by atoms with van der Waals surface area (Å²) in [7, 11) is 1.56. The molecule has 0 aliphatic rings. The number of carbonyl (C=O) groups excluding carboxylic acids is 4. The van der Waals surface area contributed by atoms with Crippen molar-refractivity contribution in [3.05, 3.63) is 35.9 Å². The monoisotopic (exact) mass is 420 g/mol. The minimum Gasteiger partial charge on any atom is -0.497 e. The molecule has 0 saturated carbocycles. The van der Waals surface area contributed by atoms with Crippen LogP contribution in [0, 0.1) is 0 Å². The van der Waals surface area contributed by atoms with Crippen LogP contribution in [0.25, 0.3) is 6.08 Å². The van der Waals surface area contributed by atoms with Gasteiger partial charge in [0.05, 0.1) is 13.7 Å². The van der Waals surface area contributed by atoms with Crippen LogP contribution in [-0.4, -0.2) is 56.7 Å². The smallest absolute Gasteiger partial charge is 0.328 e. The van der Waals surface area contributed by atoms with Crippen LogP contribution in [0.15, 0.2) is 30.3 Å². The number of benzene rings is 1. The minimum atomic E-state index is -0.922. The number of methoxy groups -OCH3 is 1. The maximum Gasteiger partial charge on any atom is 0.328 e. The summed E-state index contributed by atoms with van der Waals surface area (Å²) in [6, 6.07) is 6.17. The largest absolute Gasteiger partial charge is 0.497 e. The first-order chi connectivity index (χ1) is 14.3. The summed E-state index contributed by atoms with van der Waals surface area (Å²) in [6.07, 6.45) is 3.50. The van der Waals surface area contributed by atoms with Crippen molar-refractivity contribution in [1.82, 2.24) is 10.6 Å². The van der Waals surface area contributed by atoms with Gasteiger partial charge in [0.25, 0.3) is 5.91 Å². The van der Waals surface area contributed by atoms with Crippen LogP contribution in [0.1, 0.15) is 32.3 Å². The first-order valence-electron chi connectivity index (χ1n) is 9.57. The summed E-state index contributed by atoms with van der Waals surface area (Å²) < 4.78 is 14.7. The van der Waals surface area contributed by atoms with Crippen LogP contribution >= 0.6 is 0 Å². The fraction of sp³-hybridized carbons (Fsp3) is 0.429. The quantitative estimate of drug-likeness (QED) is 0.296. The number of amides is 2. The third kappa shape index (κ3) is 10.3. The van der Waals surface area contributed by atoms with Crippen LogP contribution in [0.4, 0.5) is 0 Å². The summed E-state index contributed by atoms with van der Waals surface area (Å²) in [5, 5.41) is 5.00. The van der Waals surface area contributed by atoms with Crippen molar-refractivity contribution >= 4 is 29.8 Å². The first kappa shape index (κ1) is 24.7. The maximum atomic E-state index is 11.9. The van der Waals surface area contributed by atoms with Crippen molar-refractivity contribution in [2.45, 2.75) is 32.7 Å². The SMILES string of the molecule is CCOC(=O)CCCNC(=O)COC(=O)[C@H](C)NC(=O)C=Cc1ccc(OC)cc1. The van der Waals surface area contributed by atoms with Crippen LogP contribution in [0.3, 0.4) is 0 Å². The molecular weight excluding hydrogens is 392 g/mol. The fourth-order valence-corrected chi connectivity index (χ4v) is 2.21. The molecule has 1 aromatic rings. The van der Waals surface area contributed by atoms with Crippen LogP contribution in [-0.2, 0) is 28.7 Å². The summed E-state index contributed by atoms with van der Waals surface area (Å²) >= 11 is 0. The highest BCUT2D eigenvalue weighted by atomic mass is 16.5. The number of hydrogen-bond donors (Lipinski definition) is 2. The number of ether oxygens (including phenoxy) is 3. The zero-order chi connectivity index (χ0) is 22.4. The molecule has 0 saturated heterocycles. The Labute approximate surface area is 175 Å². The zero-order valence-electron chi connectivity index (χ0n) is 17.4. The van der Waals surface area contributed by atoms with Crippen LogP contribution in [0.2, 0.25) is 0 Å². The van der Waals surface area contributed by atoms with Gasteiger partial charge in [0.1, 0.15) is 11.8 Å². The van der Waals surface area contributed by atoms with E-state index in [0.717, 1.165) is 5.56 Å². The average molecular weight is 420 g/mol. The summed E-state index contributed by atoms with van der Waals surface area (Å²) in [5.41, 5.74) is 0.792. The Morgan fingerprint density at radius 3 is 2.43 bits per heavy atom. The standard InChI is InChI=1S/C21H28N2O7/c1-4-29-20(26)6-5-13-22-19(25)14-30-21(27)15(2)23-18(24)12-9-16-7-10-17(28-3)11-8-16/h7-12,15H,4-6,13-14H2,1-3H3,(H,22,25)(H,23,24)/t15-/m0/s1. The normalized spacial score (nSPS) is 11.4. The van der Waals surface area contributed by atoms with Gasteiger partial charge in [0, 0.05) is 19.0 Å². The Bertz CT molecular complexity index is 744. The second-order valence-electron chi connectivity index (χ2n) is 6.20. The molecule has 0 fully saturated rings. The lowest BCUT2D eigenvalue weighted by Gasteiger charge is -2.12. The van der Waals surface area contributed by atoms with Gasteiger partial charge < -0.3 is 24.8 Å². The molecule has 164 valence electrons. The van der Waals surface area contributed by atoms with Gasteiger partial charge in [-0.15, -0.1) is 0 Å². The van der Waals surface area contributed by atoms with E-state index in [-0.39, 0.29) is 18.9 Å². The van der Waals surface area contributed by atoms with E-state index in [4.69, 9.17) is 14.2 Å². The molecule has 9 heteroatoms. The van der Waals surface area contributed by atoms with E-state index >= 15 is 0 Å². The molecule has 1 aromatic carbocycles. The number of esters is 2. The molecule has 0 aliphatic carbocycles. The summed E-state index contributed by atoms with van der Waals surface area (Å²) in [5.74, 6) is -1.33. The molecule has 0 bridgehead atoms. The van der Waals surface area contributed by atoms with Crippen molar-refractivity contribution in [2.24, 2.45) is 0 Å². The second-order valence-corrected chi connectivity index (χ2v) is 6.20. The van der Waals surface area contributed by atoms with Crippen molar-refractivity contribution < 1.29 is 33.4 Å². The molecule has 0 aromatic heterocycles. The Morgan fingerprint density at radius 2 is 1.80 bits per heavy atom. The van der Waals surface area contributed by atoms with E-state index in [0.29, 0.717) is 18.8 Å². The Kier molecular flexibility index (Phi) is 11.3. The van der Waals surface area contributed by atoms with Gasteiger partial charge in [-0.3, -0.25) is 14.4 Å². The second kappa shape index (κ2) is 13.8. The zero-order valence-corrected chi connectivity index (χ0v) is 17.4. The third-order valence-corrected chi connectivity index (χ3v) is 3.79. The number of hydrogen-bond acceptors (Lipinski definition) is 7. The molecule has 0 aliphatic heterocycles. The van der Waals surface area contributed by atoms with Gasteiger partial charge >= 0.3 is 11.9 Å². The average Bonchev–Trinajstić information content (AvgIpc) is 2.74. The molecule has 2 amide bonds. The molecule has 0 radical (unpaired) electrons. The van der Waals surface area contributed by atoms with Gasteiger partial charge in [-0.05, 0) is 44.0 Å². The van der Waals surface area contributed by atoms with E-state index in [1.807, 2.05) is 0 Å². The molecule has 0 unspecified atom stereocenters. The van der Waals surface area contributed by atoms with E-state index in [1.165, 1.54) is 13.0 Å². The third-order valence-electron chi connectivity index (χ3n) is 3.79. The molecule has 0 spiro atoms. The number of nitrogens with one attached hydrogen (secondary N) is 2. The molecule has 1 atom stereocenters. The van der Waals surface area contributed by atoms with Crippen molar-refractivity contribution in [3.63, 3.8) is 0 Å². The molecular formula is C21H28N2O7. The topological polar surface area (TPSA) is 120 Å². The lowest BCUT2D eigenvalue weighted by molar-refractivity contribution is -0.151. The van der Waals surface area contributed by atoms with E-state index in [2.05, 4.69) is 10.6 Å².